The van der Waals surface area contributed by atoms with Crippen molar-refractivity contribution in [3.05, 3.63) is 79.6 Å². The summed E-state index contributed by atoms with van der Waals surface area (Å²) in [4.78, 5) is 38.2. The van der Waals surface area contributed by atoms with Crippen molar-refractivity contribution in [2.24, 2.45) is 0 Å². The van der Waals surface area contributed by atoms with E-state index in [9.17, 15) is 19.7 Å². The van der Waals surface area contributed by atoms with E-state index < -0.39 is 10.8 Å². The molecule has 1 aromatic heterocycles. The Morgan fingerprint density at radius 1 is 1.07 bits per heavy atom. The minimum absolute atomic E-state index is 0.0125. The number of aromatic nitrogens is 1. The van der Waals surface area contributed by atoms with E-state index in [0.717, 1.165) is 42.2 Å². The van der Waals surface area contributed by atoms with Gasteiger partial charge in [0.15, 0.2) is 0 Å². The average molecular weight is 363 g/mol. The van der Waals surface area contributed by atoms with Gasteiger partial charge in [0.1, 0.15) is 5.56 Å². The summed E-state index contributed by atoms with van der Waals surface area (Å²) < 4.78 is 0. The molecule has 0 unspecified atom stereocenters. The second-order valence-corrected chi connectivity index (χ2v) is 6.61. The van der Waals surface area contributed by atoms with Crippen molar-refractivity contribution >= 4 is 28.2 Å². The number of hydrogen-bond acceptors (Lipinski definition) is 4. The molecule has 1 amide bonds. The Bertz CT molecular complexity index is 1130. The number of carbonyl (C=O) groups excluding carboxylic acids is 1. The van der Waals surface area contributed by atoms with Crippen LogP contribution in [0.25, 0.3) is 10.9 Å². The van der Waals surface area contributed by atoms with E-state index in [0.29, 0.717) is 11.2 Å². The standard InChI is InChI=1S/C20H17N3O4/c24-19-15-6-2-1-5-13(15)14-10-9-12(11-17(14)22-19)21-20(25)16-7-3-4-8-18(16)23(26)27/h3-4,7-11H,1-2,5-6H2,(H,21,25)(H,22,24). The maximum absolute atomic E-state index is 12.5. The molecule has 136 valence electrons. The molecule has 3 aromatic rings. The zero-order valence-electron chi connectivity index (χ0n) is 14.5. The first kappa shape index (κ1) is 17.0. The lowest BCUT2D eigenvalue weighted by Crippen LogP contribution is -2.19. The highest BCUT2D eigenvalue weighted by molar-refractivity contribution is 6.07. The summed E-state index contributed by atoms with van der Waals surface area (Å²) in [6, 6.07) is 11.1. The average Bonchev–Trinajstić information content (AvgIpc) is 2.68. The lowest BCUT2D eigenvalue weighted by Gasteiger charge is -2.17. The molecule has 0 fully saturated rings. The lowest BCUT2D eigenvalue weighted by molar-refractivity contribution is -0.385. The molecule has 27 heavy (non-hydrogen) atoms. The number of pyridine rings is 1. The van der Waals surface area contributed by atoms with E-state index in [2.05, 4.69) is 10.3 Å². The molecular weight excluding hydrogens is 346 g/mol. The smallest absolute Gasteiger partial charge is 0.282 e. The molecule has 0 bridgehead atoms. The van der Waals surface area contributed by atoms with Gasteiger partial charge >= 0.3 is 0 Å². The lowest BCUT2D eigenvalue weighted by atomic mass is 9.90. The number of rotatable bonds is 3. The number of amides is 1. The Kier molecular flexibility index (Phi) is 4.19. The number of anilines is 1. The molecular formula is C20H17N3O4. The molecule has 0 saturated heterocycles. The normalized spacial score (nSPS) is 13.2. The van der Waals surface area contributed by atoms with Crippen LogP contribution in [-0.2, 0) is 12.8 Å². The molecule has 1 aliphatic carbocycles. The van der Waals surface area contributed by atoms with Crippen molar-refractivity contribution in [2.45, 2.75) is 25.7 Å². The first-order valence-corrected chi connectivity index (χ1v) is 8.77. The summed E-state index contributed by atoms with van der Waals surface area (Å²) in [6.45, 7) is 0. The van der Waals surface area contributed by atoms with Gasteiger partial charge < -0.3 is 10.3 Å². The third-order valence-corrected chi connectivity index (χ3v) is 4.94. The molecule has 0 spiro atoms. The number of nitrogens with zero attached hydrogens (tertiary/aromatic N) is 1. The maximum Gasteiger partial charge on any atom is 0.282 e. The number of para-hydroxylation sites is 1. The molecule has 1 aliphatic rings. The fraction of sp³-hybridized carbons (Fsp3) is 0.200. The molecule has 1 heterocycles. The van der Waals surface area contributed by atoms with Crippen LogP contribution in [0, 0.1) is 10.1 Å². The van der Waals surface area contributed by atoms with Gasteiger partial charge in [-0.3, -0.25) is 19.7 Å². The maximum atomic E-state index is 12.5. The van der Waals surface area contributed by atoms with Gasteiger partial charge in [0.05, 0.1) is 10.4 Å². The molecule has 7 heteroatoms. The van der Waals surface area contributed by atoms with Crippen LogP contribution in [-0.4, -0.2) is 15.8 Å². The van der Waals surface area contributed by atoms with Gasteiger partial charge in [-0.25, -0.2) is 0 Å². The number of H-pyrrole nitrogens is 1. The molecule has 0 aliphatic heterocycles. The highest BCUT2D eigenvalue weighted by Crippen LogP contribution is 2.27. The van der Waals surface area contributed by atoms with Gasteiger partial charge in [0.2, 0.25) is 0 Å². The van der Waals surface area contributed by atoms with E-state index in [1.54, 1.807) is 18.2 Å². The number of nitrogens with one attached hydrogen (secondary N) is 2. The van der Waals surface area contributed by atoms with Crippen molar-refractivity contribution in [3.8, 4) is 0 Å². The Hall–Kier alpha value is -3.48. The predicted molar refractivity (Wildman–Crippen MR) is 102 cm³/mol. The van der Waals surface area contributed by atoms with Gasteiger partial charge in [-0.15, -0.1) is 0 Å². The van der Waals surface area contributed by atoms with E-state index in [1.165, 1.54) is 18.2 Å². The topological polar surface area (TPSA) is 105 Å². The van der Waals surface area contributed by atoms with Crippen LogP contribution in [0.5, 0.6) is 0 Å². The quantitative estimate of drug-likeness (QED) is 0.548. The van der Waals surface area contributed by atoms with Crippen LogP contribution < -0.4 is 10.9 Å². The third-order valence-electron chi connectivity index (χ3n) is 4.94. The number of hydrogen-bond donors (Lipinski definition) is 2. The van der Waals surface area contributed by atoms with Crippen molar-refractivity contribution in [1.29, 1.82) is 0 Å². The minimum atomic E-state index is -0.584. The third kappa shape index (κ3) is 3.08. The first-order valence-electron chi connectivity index (χ1n) is 8.77. The van der Waals surface area contributed by atoms with Crippen molar-refractivity contribution in [1.82, 2.24) is 4.98 Å². The number of aromatic amines is 1. The molecule has 7 nitrogen and oxygen atoms in total. The van der Waals surface area contributed by atoms with Crippen molar-refractivity contribution < 1.29 is 9.72 Å². The molecule has 0 saturated carbocycles. The van der Waals surface area contributed by atoms with Crippen LogP contribution in [0.15, 0.2) is 47.3 Å². The number of fused-ring (bicyclic) bond motifs is 3. The second kappa shape index (κ2) is 6.68. The Balaban J connectivity index is 1.70. The van der Waals surface area contributed by atoms with Gasteiger partial charge in [0.25, 0.3) is 17.2 Å². The van der Waals surface area contributed by atoms with Crippen LogP contribution in [0.2, 0.25) is 0 Å². The SMILES string of the molecule is O=C(Nc1ccc2c3c(c(=O)[nH]c2c1)CCCC3)c1ccccc1[N+](=O)[O-]. The summed E-state index contributed by atoms with van der Waals surface area (Å²) >= 11 is 0. The predicted octanol–water partition coefficient (Wildman–Crippen LogP) is 3.57. The number of benzene rings is 2. The summed E-state index contributed by atoms with van der Waals surface area (Å²) in [5.41, 5.74) is 2.71. The van der Waals surface area contributed by atoms with Gasteiger partial charge in [-0.2, -0.15) is 0 Å². The number of aryl methyl sites for hydroxylation is 1. The molecule has 4 rings (SSSR count). The number of carbonyl (C=O) groups is 1. The van der Waals surface area contributed by atoms with Crippen LogP contribution >= 0.6 is 0 Å². The number of nitro groups is 1. The zero-order chi connectivity index (χ0) is 19.0. The van der Waals surface area contributed by atoms with E-state index in [4.69, 9.17) is 0 Å². The molecule has 2 aromatic carbocycles. The Morgan fingerprint density at radius 2 is 1.81 bits per heavy atom. The zero-order valence-corrected chi connectivity index (χ0v) is 14.5. The van der Waals surface area contributed by atoms with Crippen LogP contribution in [0.3, 0.4) is 0 Å². The fourth-order valence-corrected chi connectivity index (χ4v) is 3.66. The Labute approximate surface area is 154 Å². The van der Waals surface area contributed by atoms with E-state index in [-0.39, 0.29) is 16.8 Å². The minimum Gasteiger partial charge on any atom is -0.322 e. The summed E-state index contributed by atoms with van der Waals surface area (Å²) in [5, 5.41) is 14.8. The van der Waals surface area contributed by atoms with Gasteiger partial charge in [-0.05, 0) is 49.4 Å². The van der Waals surface area contributed by atoms with E-state index >= 15 is 0 Å². The molecule has 0 atom stereocenters. The van der Waals surface area contributed by atoms with Crippen LogP contribution in [0.1, 0.15) is 34.3 Å². The molecule has 0 radical (unpaired) electrons. The fourth-order valence-electron chi connectivity index (χ4n) is 3.66. The van der Waals surface area contributed by atoms with Crippen molar-refractivity contribution in [2.75, 3.05) is 5.32 Å². The second-order valence-electron chi connectivity index (χ2n) is 6.61. The van der Waals surface area contributed by atoms with Gasteiger partial charge in [0, 0.05) is 22.7 Å². The Morgan fingerprint density at radius 3 is 2.59 bits per heavy atom. The first-order chi connectivity index (χ1) is 13.0. The van der Waals surface area contributed by atoms with Crippen LogP contribution in [0.4, 0.5) is 11.4 Å². The summed E-state index contributed by atoms with van der Waals surface area (Å²) in [7, 11) is 0. The van der Waals surface area contributed by atoms with Gasteiger partial charge in [-0.1, -0.05) is 18.2 Å². The monoisotopic (exact) mass is 363 g/mol. The summed E-state index contributed by atoms with van der Waals surface area (Å²) in [5.74, 6) is -0.568. The molecule has 2 N–H and O–H groups in total. The van der Waals surface area contributed by atoms with E-state index in [1.807, 2.05) is 6.07 Å². The highest BCUT2D eigenvalue weighted by Gasteiger charge is 2.20. The summed E-state index contributed by atoms with van der Waals surface area (Å²) in [6.07, 6.45) is 3.74. The largest absolute Gasteiger partial charge is 0.322 e. The number of nitro benzene ring substituents is 1. The highest BCUT2D eigenvalue weighted by atomic mass is 16.6. The van der Waals surface area contributed by atoms with Crippen molar-refractivity contribution in [3.63, 3.8) is 0 Å².